The third-order valence-electron chi connectivity index (χ3n) is 4.33. The standard InChI is InChI=1S/C19H16N4O4/c24-18(7-8-19(25)26)23-16(10-14(22-23)17-6-3-9-27-17)15-11-20-12-4-1-2-5-13(12)21-15/h1-6,9,11,16H,7-8,10H2,(H,25,26)/t16-/m1/s1. The number of carbonyl (C=O) groups excluding carboxylic acids is 1. The molecule has 1 aliphatic heterocycles. The van der Waals surface area contributed by atoms with Gasteiger partial charge in [-0.3, -0.25) is 14.6 Å². The van der Waals surface area contributed by atoms with Crippen LogP contribution in [-0.2, 0) is 9.59 Å². The van der Waals surface area contributed by atoms with Crippen molar-refractivity contribution in [3.63, 3.8) is 0 Å². The van der Waals surface area contributed by atoms with Gasteiger partial charge in [0.2, 0.25) is 5.91 Å². The van der Waals surface area contributed by atoms with Crippen LogP contribution in [0.2, 0.25) is 0 Å². The molecule has 8 heteroatoms. The molecule has 0 saturated heterocycles. The Morgan fingerprint density at radius 2 is 1.96 bits per heavy atom. The number of carbonyl (C=O) groups is 2. The molecule has 2 aromatic heterocycles. The van der Waals surface area contributed by atoms with Crippen LogP contribution in [0.1, 0.15) is 36.8 Å². The van der Waals surface area contributed by atoms with Crippen molar-refractivity contribution in [3.05, 3.63) is 60.3 Å². The molecular weight excluding hydrogens is 348 g/mol. The van der Waals surface area contributed by atoms with Gasteiger partial charge in [-0.25, -0.2) is 9.99 Å². The predicted octanol–water partition coefficient (Wildman–Crippen LogP) is 2.77. The molecule has 3 aromatic rings. The molecule has 0 saturated carbocycles. The average molecular weight is 364 g/mol. The summed E-state index contributed by atoms with van der Waals surface area (Å²) in [6, 6.07) is 10.5. The number of benzene rings is 1. The van der Waals surface area contributed by atoms with E-state index in [1.54, 1.807) is 18.3 Å². The molecule has 27 heavy (non-hydrogen) atoms. The summed E-state index contributed by atoms with van der Waals surface area (Å²) in [6.45, 7) is 0. The maximum Gasteiger partial charge on any atom is 0.303 e. The maximum absolute atomic E-state index is 12.6. The van der Waals surface area contributed by atoms with Crippen LogP contribution in [0.5, 0.6) is 0 Å². The van der Waals surface area contributed by atoms with Crippen LogP contribution in [0, 0.1) is 0 Å². The van der Waals surface area contributed by atoms with E-state index in [4.69, 9.17) is 9.52 Å². The van der Waals surface area contributed by atoms with Gasteiger partial charge in [-0.05, 0) is 24.3 Å². The Hall–Kier alpha value is -3.55. The van der Waals surface area contributed by atoms with E-state index in [9.17, 15) is 9.59 Å². The van der Waals surface area contributed by atoms with Crippen molar-refractivity contribution in [2.75, 3.05) is 0 Å². The number of rotatable bonds is 5. The van der Waals surface area contributed by atoms with Crippen molar-refractivity contribution in [1.29, 1.82) is 0 Å². The summed E-state index contributed by atoms with van der Waals surface area (Å²) < 4.78 is 5.40. The fourth-order valence-electron chi connectivity index (χ4n) is 3.02. The molecule has 3 heterocycles. The Morgan fingerprint density at radius 3 is 2.70 bits per heavy atom. The normalized spacial score (nSPS) is 16.5. The van der Waals surface area contributed by atoms with Gasteiger partial charge in [0.15, 0.2) is 0 Å². The number of amides is 1. The SMILES string of the molecule is O=C(O)CCC(=O)N1N=C(c2ccco2)C[C@@H]1c1cnc2ccccc2n1. The van der Waals surface area contributed by atoms with E-state index >= 15 is 0 Å². The van der Waals surface area contributed by atoms with Crippen LogP contribution in [-0.4, -0.2) is 37.7 Å². The predicted molar refractivity (Wildman–Crippen MR) is 95.9 cm³/mol. The van der Waals surface area contributed by atoms with Crippen molar-refractivity contribution in [2.24, 2.45) is 5.10 Å². The fraction of sp³-hybridized carbons (Fsp3) is 0.211. The van der Waals surface area contributed by atoms with E-state index in [1.165, 1.54) is 11.3 Å². The minimum atomic E-state index is -1.03. The lowest BCUT2D eigenvalue weighted by Crippen LogP contribution is -2.28. The number of hydrogen-bond acceptors (Lipinski definition) is 6. The summed E-state index contributed by atoms with van der Waals surface area (Å²) in [4.78, 5) is 32.4. The van der Waals surface area contributed by atoms with Gasteiger partial charge in [0.25, 0.3) is 0 Å². The molecule has 0 bridgehead atoms. The number of carboxylic acid groups (broad SMARTS) is 1. The van der Waals surface area contributed by atoms with Crippen molar-refractivity contribution >= 4 is 28.6 Å². The topological polar surface area (TPSA) is 109 Å². The zero-order valence-corrected chi connectivity index (χ0v) is 14.3. The summed E-state index contributed by atoms with van der Waals surface area (Å²) in [5.74, 6) is -0.832. The molecule has 0 spiro atoms. The number of nitrogens with zero attached hydrogens (tertiary/aromatic N) is 4. The molecule has 1 amide bonds. The van der Waals surface area contributed by atoms with Crippen LogP contribution in [0.4, 0.5) is 0 Å². The van der Waals surface area contributed by atoms with Gasteiger partial charge in [0.1, 0.15) is 17.5 Å². The van der Waals surface area contributed by atoms with Crippen LogP contribution in [0.25, 0.3) is 11.0 Å². The molecule has 1 aliphatic rings. The highest BCUT2D eigenvalue weighted by molar-refractivity contribution is 6.01. The number of furan rings is 1. The molecule has 136 valence electrons. The fourth-order valence-corrected chi connectivity index (χ4v) is 3.02. The van der Waals surface area contributed by atoms with Crippen molar-refractivity contribution in [2.45, 2.75) is 25.3 Å². The number of hydrogen-bond donors (Lipinski definition) is 1. The number of carboxylic acids is 1. The number of aromatic nitrogens is 2. The van der Waals surface area contributed by atoms with Crippen LogP contribution in [0.15, 0.2) is 58.4 Å². The molecular formula is C19H16N4O4. The minimum Gasteiger partial charge on any atom is -0.481 e. The van der Waals surface area contributed by atoms with E-state index in [0.29, 0.717) is 23.6 Å². The Balaban J connectivity index is 1.67. The lowest BCUT2D eigenvalue weighted by molar-refractivity contribution is -0.141. The Morgan fingerprint density at radius 1 is 1.15 bits per heavy atom. The summed E-state index contributed by atoms with van der Waals surface area (Å²) in [5, 5.41) is 14.6. The molecule has 8 nitrogen and oxygen atoms in total. The van der Waals surface area contributed by atoms with Gasteiger partial charge in [0.05, 0.1) is 35.6 Å². The van der Waals surface area contributed by atoms with Crippen LogP contribution >= 0.6 is 0 Å². The summed E-state index contributed by atoms with van der Waals surface area (Å²) in [7, 11) is 0. The third kappa shape index (κ3) is 3.41. The molecule has 4 rings (SSSR count). The quantitative estimate of drug-likeness (QED) is 0.745. The summed E-state index contributed by atoms with van der Waals surface area (Å²) >= 11 is 0. The van der Waals surface area contributed by atoms with Crippen molar-refractivity contribution < 1.29 is 19.1 Å². The second-order valence-corrected chi connectivity index (χ2v) is 6.16. The highest BCUT2D eigenvalue weighted by Crippen LogP contribution is 2.32. The Kier molecular flexibility index (Phi) is 4.37. The second-order valence-electron chi connectivity index (χ2n) is 6.16. The van der Waals surface area contributed by atoms with Gasteiger partial charge in [0, 0.05) is 12.8 Å². The third-order valence-corrected chi connectivity index (χ3v) is 4.33. The van der Waals surface area contributed by atoms with Crippen LogP contribution in [0.3, 0.4) is 0 Å². The zero-order valence-electron chi connectivity index (χ0n) is 14.3. The van der Waals surface area contributed by atoms with Gasteiger partial charge >= 0.3 is 5.97 Å². The Bertz CT molecular complexity index is 1030. The van der Waals surface area contributed by atoms with Gasteiger partial charge in [-0.2, -0.15) is 5.10 Å². The number of para-hydroxylation sites is 2. The molecule has 0 radical (unpaired) electrons. The van der Waals surface area contributed by atoms with Gasteiger partial charge in [-0.1, -0.05) is 12.1 Å². The largest absolute Gasteiger partial charge is 0.481 e. The maximum atomic E-state index is 12.6. The van der Waals surface area contributed by atoms with Gasteiger partial charge < -0.3 is 9.52 Å². The highest BCUT2D eigenvalue weighted by Gasteiger charge is 2.35. The highest BCUT2D eigenvalue weighted by atomic mass is 16.4. The summed E-state index contributed by atoms with van der Waals surface area (Å²) in [6.07, 6.45) is 3.20. The lowest BCUT2D eigenvalue weighted by Gasteiger charge is -2.21. The molecule has 1 aromatic carbocycles. The van der Waals surface area contributed by atoms with Crippen molar-refractivity contribution in [3.8, 4) is 0 Å². The minimum absolute atomic E-state index is 0.137. The first-order chi connectivity index (χ1) is 13.1. The number of fused-ring (bicyclic) bond motifs is 1. The van der Waals surface area contributed by atoms with E-state index < -0.39 is 12.0 Å². The summed E-state index contributed by atoms with van der Waals surface area (Å²) in [5.41, 5.74) is 2.70. The molecule has 0 unspecified atom stereocenters. The first kappa shape index (κ1) is 16.9. The van der Waals surface area contributed by atoms with Gasteiger partial charge in [-0.15, -0.1) is 0 Å². The molecule has 0 fully saturated rings. The number of hydrazone groups is 1. The first-order valence-electron chi connectivity index (χ1n) is 8.49. The van der Waals surface area contributed by atoms with Crippen LogP contribution < -0.4 is 0 Å². The van der Waals surface area contributed by atoms with Crippen molar-refractivity contribution in [1.82, 2.24) is 15.0 Å². The smallest absolute Gasteiger partial charge is 0.303 e. The monoisotopic (exact) mass is 364 g/mol. The van der Waals surface area contributed by atoms with E-state index in [-0.39, 0.29) is 18.7 Å². The molecule has 0 aliphatic carbocycles. The number of aliphatic carboxylic acids is 1. The van der Waals surface area contributed by atoms with E-state index in [2.05, 4.69) is 15.1 Å². The van der Waals surface area contributed by atoms with E-state index in [1.807, 2.05) is 24.3 Å². The molecule has 1 atom stereocenters. The lowest BCUT2D eigenvalue weighted by atomic mass is 10.1. The average Bonchev–Trinajstić information content (AvgIpc) is 3.35. The molecule has 1 N–H and O–H groups in total. The second kappa shape index (κ2) is 6.99. The zero-order chi connectivity index (χ0) is 18.8. The first-order valence-corrected chi connectivity index (χ1v) is 8.49. The Labute approximate surface area is 154 Å². The van der Waals surface area contributed by atoms with E-state index in [0.717, 1.165) is 11.0 Å².